The molecule has 0 bridgehead atoms. The third-order valence-electron chi connectivity index (χ3n) is 7.73. The lowest BCUT2D eigenvalue weighted by Crippen LogP contribution is -2.57. The number of benzene rings is 1. The molecule has 3 aliphatic rings. The van der Waals surface area contributed by atoms with E-state index in [0.29, 0.717) is 13.0 Å². The molecular weight excluding hydrogens is 509 g/mol. The number of piperazine rings is 1. The number of fused-ring (bicyclic) bond motifs is 2. The van der Waals surface area contributed by atoms with Gasteiger partial charge in [-0.3, -0.25) is 9.59 Å². The van der Waals surface area contributed by atoms with Crippen LogP contribution in [-0.2, 0) is 4.79 Å². The fourth-order valence-electron chi connectivity index (χ4n) is 5.64. The standard InChI is InChI=1S/C28H33ClFN5O3/c1-6-21(36)33-11-12-34-18(14-33)16-38-25-22(27(34)37)26(35-15-17(32(4)5)13-28(35,2)3)31-24(23(25)29)19-9-7-8-10-20(19)30/h6-10,17-18H,1,11-16H2,2-5H3/t17?,18-/m1/s1/i4D3. The average molecular weight is 545 g/mol. The lowest BCUT2D eigenvalue weighted by Gasteiger charge is -2.40. The summed E-state index contributed by atoms with van der Waals surface area (Å²) in [6, 6.07) is 5.27. The first-order valence-electron chi connectivity index (χ1n) is 14.1. The van der Waals surface area contributed by atoms with Crippen LogP contribution >= 0.6 is 11.6 Å². The number of hydrogen-bond acceptors (Lipinski definition) is 6. The fourth-order valence-corrected chi connectivity index (χ4v) is 5.94. The highest BCUT2D eigenvalue weighted by molar-refractivity contribution is 6.35. The van der Waals surface area contributed by atoms with E-state index in [1.54, 1.807) is 35.0 Å². The van der Waals surface area contributed by atoms with E-state index >= 15 is 4.39 Å². The zero-order valence-electron chi connectivity index (χ0n) is 24.7. The molecule has 202 valence electrons. The normalized spacial score (nSPS) is 24.1. The average Bonchev–Trinajstić information content (AvgIpc) is 3.16. The van der Waals surface area contributed by atoms with Crippen LogP contribution in [0.4, 0.5) is 10.2 Å². The van der Waals surface area contributed by atoms with Gasteiger partial charge in [0.2, 0.25) is 5.91 Å². The van der Waals surface area contributed by atoms with Crippen molar-refractivity contribution in [3.63, 3.8) is 0 Å². The molecule has 0 spiro atoms. The van der Waals surface area contributed by atoms with Crippen LogP contribution in [0.15, 0.2) is 36.9 Å². The number of ether oxygens (including phenoxy) is 1. The number of rotatable bonds is 4. The van der Waals surface area contributed by atoms with Gasteiger partial charge in [0.25, 0.3) is 5.91 Å². The lowest BCUT2D eigenvalue weighted by atomic mass is 9.99. The molecule has 3 aliphatic heterocycles. The summed E-state index contributed by atoms with van der Waals surface area (Å²) >= 11 is 6.85. The number of carbonyl (C=O) groups excluding carboxylic acids is 2. The number of aromatic nitrogens is 1. The van der Waals surface area contributed by atoms with Crippen molar-refractivity contribution in [2.45, 2.75) is 37.9 Å². The van der Waals surface area contributed by atoms with Gasteiger partial charge in [-0.1, -0.05) is 30.3 Å². The Bertz CT molecular complexity index is 1400. The van der Waals surface area contributed by atoms with Crippen LogP contribution < -0.4 is 9.64 Å². The Morgan fingerprint density at radius 1 is 1.34 bits per heavy atom. The second-order valence-electron chi connectivity index (χ2n) is 10.6. The summed E-state index contributed by atoms with van der Waals surface area (Å²) in [5, 5.41) is 0.00855. The van der Waals surface area contributed by atoms with Gasteiger partial charge < -0.3 is 24.3 Å². The van der Waals surface area contributed by atoms with E-state index < -0.39 is 24.4 Å². The van der Waals surface area contributed by atoms with Crippen molar-refractivity contribution in [1.29, 1.82) is 0 Å². The van der Waals surface area contributed by atoms with E-state index in [1.807, 2.05) is 18.7 Å². The van der Waals surface area contributed by atoms with E-state index in [0.717, 1.165) is 0 Å². The highest BCUT2D eigenvalue weighted by Gasteiger charge is 2.45. The molecule has 2 fully saturated rings. The molecule has 0 N–H and O–H groups in total. The zero-order chi connectivity index (χ0) is 29.9. The Hall–Kier alpha value is -3.17. The number of hydrogen-bond donors (Lipinski definition) is 0. The summed E-state index contributed by atoms with van der Waals surface area (Å²) in [4.78, 5) is 37.9. The molecule has 8 nitrogen and oxygen atoms in total. The number of anilines is 1. The van der Waals surface area contributed by atoms with Gasteiger partial charge in [0.05, 0.1) is 11.7 Å². The van der Waals surface area contributed by atoms with Gasteiger partial charge in [0.15, 0.2) is 5.75 Å². The van der Waals surface area contributed by atoms with Crippen LogP contribution in [0, 0.1) is 5.82 Å². The first-order chi connectivity index (χ1) is 19.2. The number of carbonyl (C=O) groups is 2. The summed E-state index contributed by atoms with van der Waals surface area (Å²) in [6.45, 7) is 6.34. The van der Waals surface area contributed by atoms with Gasteiger partial charge in [-0.05, 0) is 52.5 Å². The second kappa shape index (κ2) is 9.85. The molecule has 2 amide bonds. The first kappa shape index (κ1) is 22.8. The second-order valence-corrected chi connectivity index (χ2v) is 11.0. The summed E-state index contributed by atoms with van der Waals surface area (Å²) in [5.74, 6) is -0.779. The SMILES string of the molecule is [2H]C([2H])([2H])N(C)C1CN(c2nc(-c3ccccc3F)c(Cl)c3c2C(=O)N2CCN(C(=O)C=C)C[C@@H]2CO3)C(C)(C)C1. The van der Waals surface area contributed by atoms with E-state index in [9.17, 15) is 9.59 Å². The molecule has 0 radical (unpaired) electrons. The molecule has 2 aromatic rings. The molecule has 38 heavy (non-hydrogen) atoms. The highest BCUT2D eigenvalue weighted by atomic mass is 35.5. The number of amides is 2. The van der Waals surface area contributed by atoms with Crippen LogP contribution in [0.2, 0.25) is 5.02 Å². The van der Waals surface area contributed by atoms with Crippen molar-refractivity contribution < 1.29 is 22.8 Å². The van der Waals surface area contributed by atoms with Crippen molar-refractivity contribution in [3.8, 4) is 17.0 Å². The van der Waals surface area contributed by atoms with Crippen LogP contribution in [-0.4, -0.2) is 95.9 Å². The Balaban J connectivity index is 1.66. The van der Waals surface area contributed by atoms with Crippen molar-refractivity contribution >= 4 is 29.2 Å². The van der Waals surface area contributed by atoms with Crippen molar-refractivity contribution in [2.24, 2.45) is 0 Å². The van der Waals surface area contributed by atoms with Gasteiger partial charge >= 0.3 is 0 Å². The molecular formula is C28H33ClFN5O3. The topological polar surface area (TPSA) is 69.2 Å². The monoisotopic (exact) mass is 544 g/mol. The maximum absolute atomic E-state index is 15.1. The van der Waals surface area contributed by atoms with Crippen LogP contribution in [0.1, 0.15) is 34.7 Å². The maximum atomic E-state index is 15.1. The molecule has 4 heterocycles. The van der Waals surface area contributed by atoms with Gasteiger partial charge in [-0.25, -0.2) is 9.37 Å². The maximum Gasteiger partial charge on any atom is 0.261 e. The highest BCUT2D eigenvalue weighted by Crippen LogP contribution is 2.46. The minimum atomic E-state index is -2.31. The largest absolute Gasteiger partial charge is 0.489 e. The Morgan fingerprint density at radius 3 is 2.82 bits per heavy atom. The predicted molar refractivity (Wildman–Crippen MR) is 145 cm³/mol. The quantitative estimate of drug-likeness (QED) is 0.547. The molecule has 1 unspecified atom stereocenters. The third kappa shape index (κ3) is 4.41. The number of pyridine rings is 1. The molecule has 2 atom stereocenters. The Labute approximate surface area is 231 Å². The molecule has 2 saturated heterocycles. The van der Waals surface area contributed by atoms with E-state index in [1.165, 1.54) is 17.0 Å². The third-order valence-corrected chi connectivity index (χ3v) is 8.08. The van der Waals surface area contributed by atoms with E-state index in [-0.39, 0.29) is 77.5 Å². The predicted octanol–water partition coefficient (Wildman–Crippen LogP) is 3.69. The molecule has 1 aromatic carbocycles. The van der Waals surface area contributed by atoms with Gasteiger partial charge in [-0.15, -0.1) is 0 Å². The number of nitrogens with zero attached hydrogens (tertiary/aromatic N) is 5. The van der Waals surface area contributed by atoms with E-state index in [2.05, 4.69) is 6.58 Å². The zero-order valence-corrected chi connectivity index (χ0v) is 22.5. The number of halogens is 2. The number of likely N-dealkylation sites (N-methyl/N-ethyl adjacent to an activating group) is 1. The van der Waals surface area contributed by atoms with Crippen molar-refractivity contribution in [3.05, 3.63) is 53.3 Å². The molecule has 10 heteroatoms. The molecule has 1 aromatic heterocycles. The summed E-state index contributed by atoms with van der Waals surface area (Å²) in [6.07, 6.45) is 1.72. The molecule has 0 aliphatic carbocycles. The molecule has 0 saturated carbocycles. The summed E-state index contributed by atoms with van der Waals surface area (Å²) < 4.78 is 45.1. The summed E-state index contributed by atoms with van der Waals surface area (Å²) in [5.41, 5.74) is -0.202. The van der Waals surface area contributed by atoms with E-state index in [4.69, 9.17) is 25.4 Å². The molecule has 5 rings (SSSR count). The van der Waals surface area contributed by atoms with Crippen molar-refractivity contribution in [2.75, 3.05) is 51.7 Å². The fraction of sp³-hybridized carbons (Fsp3) is 0.464. The summed E-state index contributed by atoms with van der Waals surface area (Å²) in [7, 11) is 1.56. The van der Waals surface area contributed by atoms with Gasteiger partial charge in [-0.2, -0.15) is 0 Å². The van der Waals surface area contributed by atoms with Crippen LogP contribution in [0.5, 0.6) is 5.75 Å². The van der Waals surface area contributed by atoms with Crippen LogP contribution in [0.3, 0.4) is 0 Å². The minimum absolute atomic E-state index is 0.00855. The Kier molecular flexibility index (Phi) is 5.91. The first-order valence-corrected chi connectivity index (χ1v) is 13.0. The Morgan fingerprint density at radius 2 is 2.11 bits per heavy atom. The lowest BCUT2D eigenvalue weighted by molar-refractivity contribution is -0.128. The van der Waals surface area contributed by atoms with Crippen LogP contribution in [0.25, 0.3) is 11.3 Å². The minimum Gasteiger partial charge on any atom is -0.489 e. The van der Waals surface area contributed by atoms with Gasteiger partial charge in [0.1, 0.15) is 28.8 Å². The van der Waals surface area contributed by atoms with Gasteiger partial charge in [0, 0.05) is 47.4 Å². The smallest absolute Gasteiger partial charge is 0.261 e. The van der Waals surface area contributed by atoms with Crippen molar-refractivity contribution in [1.82, 2.24) is 19.7 Å².